The Hall–Kier alpha value is -3.93. The quantitative estimate of drug-likeness (QED) is 0.389. The molecule has 0 saturated carbocycles. The zero-order chi connectivity index (χ0) is 23.8. The van der Waals surface area contributed by atoms with E-state index in [1.807, 2.05) is 30.7 Å². The largest absolute Gasteiger partial charge is 0.463 e. The van der Waals surface area contributed by atoms with Crippen molar-refractivity contribution in [3.8, 4) is 0 Å². The number of carbonyl (C=O) groups is 2. The molecule has 170 valence electrons. The molecule has 2 aromatic carbocycles. The molecule has 0 atom stereocenters. The molecule has 6 nitrogen and oxygen atoms in total. The number of benzene rings is 2. The molecule has 0 radical (unpaired) electrons. The molecule has 0 fully saturated rings. The molecule has 3 aromatic rings. The minimum Gasteiger partial charge on any atom is -0.463 e. The molecule has 33 heavy (non-hydrogen) atoms. The normalized spacial score (nSPS) is 11.3. The highest BCUT2D eigenvalue weighted by molar-refractivity contribution is 6.02. The maximum absolute atomic E-state index is 12.4. The smallest absolute Gasteiger partial charge is 0.330 e. The number of carbonyl (C=O) groups excluding carboxylic acids is 2. The Morgan fingerprint density at radius 3 is 2.33 bits per heavy atom. The van der Waals surface area contributed by atoms with Crippen LogP contribution in [0.5, 0.6) is 0 Å². The van der Waals surface area contributed by atoms with Crippen molar-refractivity contribution < 1.29 is 14.3 Å². The molecule has 1 heterocycles. The van der Waals surface area contributed by atoms with Gasteiger partial charge in [-0.1, -0.05) is 42.0 Å². The van der Waals surface area contributed by atoms with E-state index in [0.29, 0.717) is 18.8 Å². The van der Waals surface area contributed by atoms with Gasteiger partial charge in [0, 0.05) is 29.1 Å². The first-order chi connectivity index (χ1) is 15.9. The summed E-state index contributed by atoms with van der Waals surface area (Å²) in [6.45, 7) is 8.81. The van der Waals surface area contributed by atoms with E-state index < -0.39 is 0 Å². The summed E-state index contributed by atoms with van der Waals surface area (Å²) >= 11 is 0. The second-order valence-corrected chi connectivity index (χ2v) is 7.76. The molecule has 0 unspecified atom stereocenters. The third-order valence-electron chi connectivity index (χ3n) is 5.17. The Kier molecular flexibility index (Phi) is 7.97. The first-order valence-electron chi connectivity index (χ1n) is 10.9. The van der Waals surface area contributed by atoms with Gasteiger partial charge in [0.15, 0.2) is 0 Å². The fourth-order valence-corrected chi connectivity index (χ4v) is 3.35. The molecule has 0 spiro atoms. The van der Waals surface area contributed by atoms with Gasteiger partial charge in [-0.15, -0.1) is 0 Å². The molecule has 1 aromatic heterocycles. The van der Waals surface area contributed by atoms with Crippen LogP contribution in [-0.4, -0.2) is 28.3 Å². The van der Waals surface area contributed by atoms with Gasteiger partial charge in [0.2, 0.25) is 5.91 Å². The number of nitrogens with zero attached hydrogens (tertiary/aromatic N) is 2. The Morgan fingerprint density at radius 2 is 1.67 bits per heavy atom. The summed E-state index contributed by atoms with van der Waals surface area (Å²) in [5, 5.41) is 7.48. The molecule has 0 aliphatic heterocycles. The molecule has 0 aliphatic carbocycles. The summed E-state index contributed by atoms with van der Waals surface area (Å²) in [5.41, 5.74) is 6.74. The number of amides is 1. The summed E-state index contributed by atoms with van der Waals surface area (Å²) in [4.78, 5) is 23.8. The van der Waals surface area contributed by atoms with Crippen LogP contribution < -0.4 is 5.32 Å². The summed E-state index contributed by atoms with van der Waals surface area (Å²) in [6.07, 6.45) is 6.36. The molecule has 1 amide bonds. The second kappa shape index (κ2) is 11.1. The van der Waals surface area contributed by atoms with Crippen molar-refractivity contribution in [1.29, 1.82) is 0 Å². The Bertz CT molecular complexity index is 1170. The van der Waals surface area contributed by atoms with Gasteiger partial charge >= 0.3 is 5.97 Å². The molecule has 0 aliphatic rings. The maximum atomic E-state index is 12.4. The predicted molar refractivity (Wildman–Crippen MR) is 132 cm³/mol. The topological polar surface area (TPSA) is 73.2 Å². The van der Waals surface area contributed by atoms with Crippen LogP contribution in [0.1, 0.15) is 40.6 Å². The van der Waals surface area contributed by atoms with Crippen LogP contribution in [0, 0.1) is 20.8 Å². The van der Waals surface area contributed by atoms with Gasteiger partial charge in [-0.05, 0) is 63.1 Å². The number of hydrogen-bond donors (Lipinski definition) is 1. The number of esters is 1. The fraction of sp³-hybridized carbons (Fsp3) is 0.222. The highest BCUT2D eigenvalue weighted by Crippen LogP contribution is 2.17. The monoisotopic (exact) mass is 443 g/mol. The first-order valence-corrected chi connectivity index (χ1v) is 10.9. The molecule has 6 heteroatoms. The lowest BCUT2D eigenvalue weighted by Gasteiger charge is -2.05. The van der Waals surface area contributed by atoms with Gasteiger partial charge in [0.1, 0.15) is 0 Å². The Balaban J connectivity index is 1.62. The third-order valence-corrected chi connectivity index (χ3v) is 5.17. The average molecular weight is 444 g/mol. The maximum Gasteiger partial charge on any atom is 0.330 e. The van der Waals surface area contributed by atoms with Crippen LogP contribution in [0.4, 0.5) is 5.69 Å². The number of ether oxygens (including phenoxy) is 1. The molecular formula is C27H29N3O3. The van der Waals surface area contributed by atoms with Gasteiger partial charge in [-0.3, -0.25) is 9.48 Å². The van der Waals surface area contributed by atoms with Gasteiger partial charge in [0.25, 0.3) is 0 Å². The SMILES string of the molecule is CCOC(=O)/C=C/c1ccc(NC(=O)/C=C/c2c(C)nn(Cc3ccc(C)cc3)c2C)cc1. The first kappa shape index (κ1) is 23.7. The van der Waals surface area contributed by atoms with Crippen molar-refractivity contribution in [2.45, 2.75) is 34.2 Å². The minimum atomic E-state index is -0.382. The lowest BCUT2D eigenvalue weighted by Crippen LogP contribution is -2.07. The van der Waals surface area contributed by atoms with Crippen LogP contribution in [0.15, 0.2) is 60.7 Å². The van der Waals surface area contributed by atoms with Crippen molar-refractivity contribution in [3.63, 3.8) is 0 Å². The van der Waals surface area contributed by atoms with E-state index in [2.05, 4.69) is 41.6 Å². The molecule has 3 rings (SSSR count). The van der Waals surface area contributed by atoms with Crippen molar-refractivity contribution >= 4 is 29.7 Å². The van der Waals surface area contributed by atoms with Crippen molar-refractivity contribution in [1.82, 2.24) is 9.78 Å². The fourth-order valence-electron chi connectivity index (χ4n) is 3.35. The zero-order valence-electron chi connectivity index (χ0n) is 19.5. The number of nitrogens with one attached hydrogen (secondary N) is 1. The molecule has 0 bridgehead atoms. The van der Waals surface area contributed by atoms with E-state index >= 15 is 0 Å². The van der Waals surface area contributed by atoms with Crippen LogP contribution in [-0.2, 0) is 20.9 Å². The van der Waals surface area contributed by atoms with Crippen LogP contribution in [0.2, 0.25) is 0 Å². The lowest BCUT2D eigenvalue weighted by molar-refractivity contribution is -0.137. The molecular weight excluding hydrogens is 414 g/mol. The Labute approximate surface area is 194 Å². The summed E-state index contributed by atoms with van der Waals surface area (Å²) in [7, 11) is 0. The summed E-state index contributed by atoms with van der Waals surface area (Å²) < 4.78 is 6.82. The third kappa shape index (κ3) is 6.77. The summed E-state index contributed by atoms with van der Waals surface area (Å²) in [6, 6.07) is 15.6. The number of anilines is 1. The lowest BCUT2D eigenvalue weighted by atomic mass is 10.1. The van der Waals surface area contributed by atoms with E-state index in [4.69, 9.17) is 4.74 Å². The highest BCUT2D eigenvalue weighted by atomic mass is 16.5. The Morgan fingerprint density at radius 1 is 0.970 bits per heavy atom. The zero-order valence-corrected chi connectivity index (χ0v) is 19.5. The second-order valence-electron chi connectivity index (χ2n) is 7.76. The average Bonchev–Trinajstić information content (AvgIpc) is 3.06. The van der Waals surface area contributed by atoms with Crippen LogP contribution >= 0.6 is 0 Å². The highest BCUT2D eigenvalue weighted by Gasteiger charge is 2.10. The van der Waals surface area contributed by atoms with Crippen LogP contribution in [0.25, 0.3) is 12.2 Å². The van der Waals surface area contributed by atoms with Gasteiger partial charge in [0.05, 0.1) is 18.8 Å². The van der Waals surface area contributed by atoms with Crippen molar-refractivity contribution in [2.75, 3.05) is 11.9 Å². The molecule has 0 saturated heterocycles. The van der Waals surface area contributed by atoms with E-state index in [-0.39, 0.29) is 11.9 Å². The van der Waals surface area contributed by atoms with Crippen LogP contribution in [0.3, 0.4) is 0 Å². The van der Waals surface area contributed by atoms with E-state index in [1.165, 1.54) is 23.3 Å². The number of aryl methyl sites for hydroxylation is 2. The van der Waals surface area contributed by atoms with E-state index in [9.17, 15) is 9.59 Å². The van der Waals surface area contributed by atoms with Crippen molar-refractivity contribution in [2.24, 2.45) is 0 Å². The predicted octanol–water partition coefficient (Wildman–Crippen LogP) is 5.08. The van der Waals surface area contributed by atoms with Crippen molar-refractivity contribution in [3.05, 3.63) is 94.3 Å². The minimum absolute atomic E-state index is 0.227. The number of hydrogen-bond acceptors (Lipinski definition) is 4. The van der Waals surface area contributed by atoms with Gasteiger partial charge in [-0.2, -0.15) is 5.10 Å². The summed E-state index contributed by atoms with van der Waals surface area (Å²) in [5.74, 6) is -0.609. The van der Waals surface area contributed by atoms with Gasteiger partial charge in [-0.25, -0.2) is 4.79 Å². The van der Waals surface area contributed by atoms with E-state index in [1.54, 1.807) is 31.2 Å². The van der Waals surface area contributed by atoms with Gasteiger partial charge < -0.3 is 10.1 Å². The number of aromatic nitrogens is 2. The molecule has 1 N–H and O–H groups in total. The van der Waals surface area contributed by atoms with E-state index in [0.717, 1.165) is 22.5 Å². The number of rotatable bonds is 8. The standard InChI is InChI=1S/C27H29N3O3/c1-5-33-27(32)17-12-22-10-13-24(14-11-22)28-26(31)16-15-25-20(3)29-30(21(25)4)18-23-8-6-19(2)7-9-23/h6-17H,5,18H2,1-4H3,(H,28,31)/b16-15+,17-12+.